The van der Waals surface area contributed by atoms with Crippen molar-refractivity contribution in [2.24, 2.45) is 22.2 Å². The Morgan fingerprint density at radius 2 is 1.91 bits per heavy atom. The number of carbonyl (C=O) groups excluding carboxylic acids is 3. The van der Waals surface area contributed by atoms with Crippen LogP contribution in [0.15, 0.2) is 41.1 Å². The summed E-state index contributed by atoms with van der Waals surface area (Å²) in [5, 5.41) is 28.4. The molecule has 0 radical (unpaired) electrons. The van der Waals surface area contributed by atoms with Crippen molar-refractivity contribution in [1.29, 1.82) is 0 Å². The first-order valence-corrected chi connectivity index (χ1v) is 23.0. The van der Waals surface area contributed by atoms with Gasteiger partial charge >= 0.3 is 6.09 Å². The number of carbonyl (C=O) groups is 3. The third-order valence-electron chi connectivity index (χ3n) is 13.3. The molecule has 17 nitrogen and oxygen atoms in total. The topological polar surface area (TPSA) is 208 Å². The summed E-state index contributed by atoms with van der Waals surface area (Å²) in [5.74, 6) is 0.504. The number of hydrogen-bond acceptors (Lipinski definition) is 12. The van der Waals surface area contributed by atoms with Crippen molar-refractivity contribution in [2.45, 2.75) is 135 Å². The lowest BCUT2D eigenvalue weighted by Gasteiger charge is -2.37. The van der Waals surface area contributed by atoms with Gasteiger partial charge < -0.3 is 44.4 Å². The molecule has 0 aromatic carbocycles. The predicted octanol–water partition coefficient (Wildman–Crippen LogP) is 2.36. The molecule has 1 aliphatic carbocycles. The molecule has 0 bridgehead atoms. The van der Waals surface area contributed by atoms with Crippen molar-refractivity contribution in [2.75, 3.05) is 40.5 Å². The molecular formula is C47H70N10O7. The van der Waals surface area contributed by atoms with Gasteiger partial charge in [0.1, 0.15) is 18.1 Å². The van der Waals surface area contributed by atoms with E-state index in [-0.39, 0.29) is 60.1 Å². The number of rotatable bonds is 13. The van der Waals surface area contributed by atoms with E-state index in [0.29, 0.717) is 38.5 Å². The molecule has 5 aliphatic rings. The highest BCUT2D eigenvalue weighted by molar-refractivity contribution is 5.87. The second-order valence-corrected chi connectivity index (χ2v) is 19.2. The zero-order valence-corrected chi connectivity index (χ0v) is 38.7. The number of likely N-dealkylation sites (tertiary alicyclic amines) is 1. The number of alkyl carbamates (subject to hydrolysis) is 1. The summed E-state index contributed by atoms with van der Waals surface area (Å²) in [6.45, 7) is 14.0. The average Bonchev–Trinajstić information content (AvgIpc) is 4.11. The number of nitrogens with one attached hydrogen (secondary N) is 6. The first-order valence-electron chi connectivity index (χ1n) is 23.0. The highest BCUT2D eigenvalue weighted by atomic mass is 16.6. The van der Waals surface area contributed by atoms with Crippen LogP contribution in [0.5, 0.6) is 0 Å². The largest absolute Gasteiger partial charge is 0.453 e. The molecule has 64 heavy (non-hydrogen) atoms. The van der Waals surface area contributed by atoms with Crippen LogP contribution < -0.4 is 37.2 Å². The van der Waals surface area contributed by atoms with Gasteiger partial charge in [-0.15, -0.1) is 0 Å². The molecule has 0 saturated carbocycles. The normalized spacial score (nSPS) is 26.7. The number of hydrogen-bond donors (Lipinski definition) is 7. The number of aliphatic imine (C=N–C) groups is 1. The number of nitrogens with zero attached hydrogens (tertiary/aromatic N) is 4. The highest BCUT2D eigenvalue weighted by Crippen LogP contribution is 2.31. The molecule has 0 spiro atoms. The summed E-state index contributed by atoms with van der Waals surface area (Å²) >= 11 is 0. The summed E-state index contributed by atoms with van der Waals surface area (Å²) < 4.78 is 19.1. The van der Waals surface area contributed by atoms with Gasteiger partial charge in [0.2, 0.25) is 18.2 Å². The number of methoxy groups -OCH3 is 2. The van der Waals surface area contributed by atoms with Crippen molar-refractivity contribution in [3.63, 3.8) is 0 Å². The van der Waals surface area contributed by atoms with Crippen molar-refractivity contribution in [3.05, 3.63) is 63.8 Å². The van der Waals surface area contributed by atoms with Gasteiger partial charge in [0.25, 0.3) is 0 Å². The van der Waals surface area contributed by atoms with Crippen LogP contribution in [0.3, 0.4) is 0 Å². The minimum Gasteiger partial charge on any atom is -0.453 e. The maximum absolute atomic E-state index is 14.0. The Bertz CT molecular complexity index is 2190. The Morgan fingerprint density at radius 3 is 2.62 bits per heavy atom. The van der Waals surface area contributed by atoms with Crippen LogP contribution in [0, 0.1) is 17.3 Å². The molecule has 4 aliphatic heterocycles. The lowest BCUT2D eigenvalue weighted by atomic mass is 9.85. The monoisotopic (exact) mass is 887 g/mol. The van der Waals surface area contributed by atoms with Crippen LogP contribution >= 0.6 is 0 Å². The summed E-state index contributed by atoms with van der Waals surface area (Å²) in [7, 11) is 2.69. The van der Waals surface area contributed by atoms with Gasteiger partial charge in [-0.2, -0.15) is 0 Å². The van der Waals surface area contributed by atoms with Gasteiger partial charge in [0, 0.05) is 74.0 Å². The Hall–Kier alpha value is -4.65. The van der Waals surface area contributed by atoms with E-state index in [1.807, 2.05) is 58.9 Å². The average molecular weight is 887 g/mol. The van der Waals surface area contributed by atoms with E-state index in [1.165, 1.54) is 19.9 Å². The number of ether oxygens (including phenoxy) is 3. The SMILES string of the molecule is COC(=O)NC(C(=O)N1CCCC1C1NCC(C2=CCOC(C3CCC=NC3)n3c(cc4c3=CCC(c3cnc(C(C)NC(=O)C(NC(O)OC)C(C)C)[nH]3)C=4)CC=C2)N1)C(C)(C)C. The van der Waals surface area contributed by atoms with E-state index in [4.69, 9.17) is 19.2 Å². The number of aliphatic hydroxyl groups excluding tert-OH is 1. The van der Waals surface area contributed by atoms with E-state index >= 15 is 0 Å². The summed E-state index contributed by atoms with van der Waals surface area (Å²) in [6.07, 6.45) is 18.1. The fraction of sp³-hybridized carbons (Fsp3) is 0.638. The zero-order chi connectivity index (χ0) is 45.7. The van der Waals surface area contributed by atoms with Gasteiger partial charge in [-0.25, -0.2) is 9.78 Å². The fourth-order valence-electron chi connectivity index (χ4n) is 9.75. The van der Waals surface area contributed by atoms with Crippen LogP contribution in [0.1, 0.15) is 109 Å². The van der Waals surface area contributed by atoms with E-state index in [9.17, 15) is 19.5 Å². The molecule has 10 atom stereocenters. The quantitative estimate of drug-likeness (QED) is 0.145. The number of imidazole rings is 1. The van der Waals surface area contributed by atoms with E-state index in [0.717, 1.165) is 53.9 Å². The first kappa shape index (κ1) is 47.3. The van der Waals surface area contributed by atoms with E-state index < -0.39 is 30.0 Å². The van der Waals surface area contributed by atoms with Crippen molar-refractivity contribution >= 4 is 36.3 Å². The fourth-order valence-corrected chi connectivity index (χ4v) is 9.75. The number of H-pyrrole nitrogens is 1. The predicted molar refractivity (Wildman–Crippen MR) is 244 cm³/mol. The van der Waals surface area contributed by atoms with Crippen LogP contribution in [-0.4, -0.2) is 126 Å². The minimum absolute atomic E-state index is 0.0146. The number of amides is 3. The third-order valence-corrected chi connectivity index (χ3v) is 13.3. The molecule has 17 heteroatoms. The third kappa shape index (κ3) is 10.7. The molecular weight excluding hydrogens is 817 g/mol. The van der Waals surface area contributed by atoms with Crippen LogP contribution in [-0.2, 0) is 30.2 Å². The molecule has 350 valence electrons. The second kappa shape index (κ2) is 20.7. The molecule has 10 unspecified atom stereocenters. The molecule has 7 N–H and O–H groups in total. The van der Waals surface area contributed by atoms with E-state index in [2.05, 4.69) is 77.6 Å². The smallest absolute Gasteiger partial charge is 0.407 e. The maximum atomic E-state index is 14.0. The summed E-state index contributed by atoms with van der Waals surface area (Å²) in [4.78, 5) is 54.3. The Labute approximate surface area is 376 Å². The van der Waals surface area contributed by atoms with Gasteiger partial charge in [-0.3, -0.25) is 30.5 Å². The van der Waals surface area contributed by atoms with Crippen LogP contribution in [0.25, 0.3) is 12.2 Å². The Morgan fingerprint density at radius 1 is 1.09 bits per heavy atom. The summed E-state index contributed by atoms with van der Waals surface area (Å²) in [6, 6.07) is 0.485. The van der Waals surface area contributed by atoms with E-state index in [1.54, 1.807) is 0 Å². The molecule has 2 aromatic heterocycles. The lowest BCUT2D eigenvalue weighted by molar-refractivity contribution is -0.137. The van der Waals surface area contributed by atoms with Crippen molar-refractivity contribution < 1.29 is 33.7 Å². The summed E-state index contributed by atoms with van der Waals surface area (Å²) in [5.41, 5.74) is 2.78. The first-order chi connectivity index (χ1) is 30.7. The minimum atomic E-state index is -1.25. The molecule has 6 heterocycles. The zero-order valence-electron chi connectivity index (χ0n) is 38.7. The second-order valence-electron chi connectivity index (χ2n) is 19.2. The molecule has 2 saturated heterocycles. The van der Waals surface area contributed by atoms with Crippen molar-refractivity contribution in [1.82, 2.24) is 46.0 Å². The number of aliphatic hydroxyl groups is 1. The van der Waals surface area contributed by atoms with Gasteiger partial charge in [0.05, 0.1) is 38.0 Å². The van der Waals surface area contributed by atoms with Gasteiger partial charge in [-0.1, -0.05) is 65.0 Å². The maximum Gasteiger partial charge on any atom is 0.407 e. The number of aromatic nitrogens is 3. The van der Waals surface area contributed by atoms with Gasteiger partial charge in [0.15, 0.2) is 0 Å². The number of fused-ring (bicyclic) bond motifs is 3. The van der Waals surface area contributed by atoms with Crippen LogP contribution in [0.4, 0.5) is 4.79 Å². The van der Waals surface area contributed by atoms with Gasteiger partial charge in [-0.05, 0) is 73.4 Å². The van der Waals surface area contributed by atoms with Crippen molar-refractivity contribution in [3.8, 4) is 0 Å². The molecule has 2 fully saturated rings. The molecule has 3 amide bonds. The standard InChI is InChI=1S/C47H70N10O7/c1-27(2)38(54-45(60)62-7)42(58)51-28(3)40-49-26-35(52-40)30-16-17-36-32(22-30)23-33-14-9-12-29(18-21-64-44(57(33)36)31-13-10-19-48-24-31)34-25-50-41(53-34)37-15-11-20-56(37)43(59)39(47(4,5)6)55-46(61)63-8/h9,12,17-19,22-23,26-28,30-31,34,37-39,41,44-45,50,53-54,60H,10-11,13-16,20-21,24-25H2,1-8H3,(H,49,52)(H,51,58)(H,55,61). The Kier molecular flexibility index (Phi) is 15.3. The Balaban J connectivity index is 1.08. The number of allylic oxidation sites excluding steroid dienone is 1. The lowest BCUT2D eigenvalue weighted by Crippen LogP contribution is -2.59. The number of aromatic amines is 1. The molecule has 2 aromatic rings. The van der Waals surface area contributed by atoms with Crippen LogP contribution in [0.2, 0.25) is 0 Å². The molecule has 7 rings (SSSR count). The highest BCUT2D eigenvalue weighted by Gasteiger charge is 2.44.